The Balaban J connectivity index is 1.21. The number of nitrogens with zero attached hydrogens (tertiary/aromatic N) is 6. The van der Waals surface area contributed by atoms with Gasteiger partial charge in [0.1, 0.15) is 36.0 Å². The predicted molar refractivity (Wildman–Crippen MR) is 150 cm³/mol. The zero-order chi connectivity index (χ0) is 28.8. The van der Waals surface area contributed by atoms with E-state index in [-0.39, 0.29) is 24.3 Å². The van der Waals surface area contributed by atoms with E-state index in [4.69, 9.17) is 10.5 Å². The van der Waals surface area contributed by atoms with Crippen molar-refractivity contribution in [2.45, 2.75) is 70.0 Å². The summed E-state index contributed by atoms with van der Waals surface area (Å²) in [7, 11) is -3.61. The lowest BCUT2D eigenvalue weighted by atomic mass is 9.87. The third kappa shape index (κ3) is 5.67. The summed E-state index contributed by atoms with van der Waals surface area (Å²) in [6.45, 7) is 6.62. The average Bonchev–Trinajstić information content (AvgIpc) is 3.56. The molecule has 1 aliphatic rings. The quantitative estimate of drug-likeness (QED) is 0.214. The Morgan fingerprint density at radius 1 is 1.15 bits per heavy atom. The summed E-state index contributed by atoms with van der Waals surface area (Å²) in [5, 5.41) is 21.5. The van der Waals surface area contributed by atoms with Gasteiger partial charge in [-0.05, 0) is 36.0 Å². The van der Waals surface area contributed by atoms with Crippen molar-refractivity contribution in [3.63, 3.8) is 0 Å². The highest BCUT2D eigenvalue weighted by molar-refractivity contribution is 7.88. The molecule has 4 aromatic rings. The highest BCUT2D eigenvalue weighted by atomic mass is 32.2. The lowest BCUT2D eigenvalue weighted by Crippen LogP contribution is -2.42. The van der Waals surface area contributed by atoms with Gasteiger partial charge in [0.25, 0.3) is 0 Å². The number of H-pyrrole nitrogens is 1. The first-order valence-electron chi connectivity index (χ1n) is 13.2. The standard InChI is InChI=1S/C26H36N8O5S/c1-26(2,3)15-8-9-16-17(11-15)32-19(31-16)7-5-6-10-33(40(4,37)38)12-18-21(35)22(36)25(39-18)34-14-30-20-23(27)28-13-29-24(20)34/h8-9,11,13-14,18,21-22,25,35-36H,5-7,10,12H2,1-4H3,(H,31,32)(H2,27,28,29)/t18-,21-,22-,25-/m1/s1. The lowest BCUT2D eigenvalue weighted by Gasteiger charge is -2.24. The first kappa shape index (κ1) is 28.4. The Hall–Kier alpha value is -3.17. The topological polar surface area (TPSA) is 185 Å². The van der Waals surface area contributed by atoms with Gasteiger partial charge in [-0.3, -0.25) is 4.57 Å². The second kappa shape index (κ2) is 10.7. The number of nitrogens with two attached hydrogens (primary N) is 1. The van der Waals surface area contributed by atoms with E-state index in [1.54, 1.807) is 0 Å². The van der Waals surface area contributed by atoms with Gasteiger partial charge >= 0.3 is 0 Å². The number of benzene rings is 1. The highest BCUT2D eigenvalue weighted by Gasteiger charge is 2.45. The van der Waals surface area contributed by atoms with Crippen LogP contribution >= 0.6 is 0 Å². The molecule has 0 unspecified atom stereocenters. The van der Waals surface area contributed by atoms with Crippen LogP contribution in [-0.4, -0.2) is 90.1 Å². The van der Waals surface area contributed by atoms with E-state index < -0.39 is 34.6 Å². The molecule has 5 rings (SSSR count). The summed E-state index contributed by atoms with van der Waals surface area (Å²) in [4.78, 5) is 20.3. The molecule has 0 amide bonds. The Morgan fingerprint density at radius 2 is 1.93 bits per heavy atom. The van der Waals surface area contributed by atoms with E-state index in [1.807, 2.05) is 6.07 Å². The number of fused-ring (bicyclic) bond motifs is 2. The van der Waals surface area contributed by atoms with Crippen molar-refractivity contribution >= 4 is 38.0 Å². The smallest absolute Gasteiger partial charge is 0.211 e. The van der Waals surface area contributed by atoms with Gasteiger partial charge in [-0.15, -0.1) is 0 Å². The molecular formula is C26H36N8O5S. The largest absolute Gasteiger partial charge is 0.387 e. The summed E-state index contributed by atoms with van der Waals surface area (Å²) in [6.07, 6.45) is 1.11. The number of aryl methyl sites for hydroxylation is 1. The fourth-order valence-electron chi connectivity index (χ4n) is 4.99. The monoisotopic (exact) mass is 572 g/mol. The molecule has 0 saturated carbocycles. The summed E-state index contributed by atoms with van der Waals surface area (Å²) in [5.41, 5.74) is 9.68. The predicted octanol–water partition coefficient (Wildman–Crippen LogP) is 1.49. The van der Waals surface area contributed by atoms with Crippen LogP contribution < -0.4 is 5.73 Å². The van der Waals surface area contributed by atoms with E-state index in [2.05, 4.69) is 57.8 Å². The summed E-state index contributed by atoms with van der Waals surface area (Å²) in [5.74, 6) is 1.03. The fourth-order valence-corrected chi connectivity index (χ4v) is 5.87. The number of aromatic amines is 1. The number of aromatic nitrogens is 6. The first-order valence-corrected chi connectivity index (χ1v) is 15.1. The summed E-state index contributed by atoms with van der Waals surface area (Å²) < 4.78 is 33.9. The average molecular weight is 573 g/mol. The normalized spacial score (nSPS) is 22.2. The van der Waals surface area contributed by atoms with Crippen LogP contribution in [0.25, 0.3) is 22.2 Å². The minimum absolute atomic E-state index is 0.0379. The number of aliphatic hydroxyl groups is 2. The first-order chi connectivity index (χ1) is 18.8. The van der Waals surface area contributed by atoms with Crippen LogP contribution in [0, 0.1) is 0 Å². The van der Waals surface area contributed by atoms with Crippen LogP contribution in [0.15, 0.2) is 30.9 Å². The SMILES string of the molecule is CC(C)(C)c1ccc2nc(CCCCN(C[C@H]3O[C@@H](n4cnc5c(N)ncnc54)[C@H](O)[C@@H]3O)S(C)(=O)=O)[nH]c2c1. The molecule has 0 bridgehead atoms. The summed E-state index contributed by atoms with van der Waals surface area (Å²) in [6, 6.07) is 6.24. The van der Waals surface area contributed by atoms with Gasteiger partial charge < -0.3 is 25.7 Å². The Labute approximate surface area is 232 Å². The molecule has 14 heteroatoms. The second-order valence-corrected chi connectivity index (χ2v) is 13.4. The number of hydrogen-bond acceptors (Lipinski definition) is 10. The summed E-state index contributed by atoms with van der Waals surface area (Å²) >= 11 is 0. The number of nitrogens with one attached hydrogen (secondary N) is 1. The van der Waals surface area contributed by atoms with Gasteiger partial charge in [-0.1, -0.05) is 26.8 Å². The van der Waals surface area contributed by atoms with Crippen molar-refractivity contribution in [1.82, 2.24) is 33.8 Å². The number of imidazole rings is 2. The van der Waals surface area contributed by atoms with Gasteiger partial charge in [0.2, 0.25) is 10.0 Å². The van der Waals surface area contributed by atoms with Crippen LogP contribution in [0.2, 0.25) is 0 Å². The van der Waals surface area contributed by atoms with Crippen molar-refractivity contribution in [2.24, 2.45) is 0 Å². The third-order valence-electron chi connectivity index (χ3n) is 7.32. The van der Waals surface area contributed by atoms with Gasteiger partial charge in [-0.25, -0.2) is 28.4 Å². The van der Waals surface area contributed by atoms with E-state index >= 15 is 0 Å². The highest BCUT2D eigenvalue weighted by Crippen LogP contribution is 2.33. The molecule has 0 radical (unpaired) electrons. The van der Waals surface area contributed by atoms with Crippen molar-refractivity contribution in [3.8, 4) is 0 Å². The van der Waals surface area contributed by atoms with Gasteiger partial charge in [0, 0.05) is 19.5 Å². The third-order valence-corrected chi connectivity index (χ3v) is 8.59. The minimum Gasteiger partial charge on any atom is -0.387 e. The number of aliphatic hydroxyl groups excluding tert-OH is 2. The molecular weight excluding hydrogens is 536 g/mol. The zero-order valence-electron chi connectivity index (χ0n) is 23.0. The van der Waals surface area contributed by atoms with Crippen molar-refractivity contribution in [1.29, 1.82) is 0 Å². The lowest BCUT2D eigenvalue weighted by molar-refractivity contribution is -0.0386. The molecule has 3 aromatic heterocycles. The molecule has 1 saturated heterocycles. The molecule has 1 aromatic carbocycles. The zero-order valence-corrected chi connectivity index (χ0v) is 23.8. The Morgan fingerprint density at radius 3 is 2.65 bits per heavy atom. The van der Waals surface area contributed by atoms with Crippen LogP contribution in [0.4, 0.5) is 5.82 Å². The van der Waals surface area contributed by atoms with Gasteiger partial charge in [0.15, 0.2) is 17.7 Å². The second-order valence-electron chi connectivity index (χ2n) is 11.4. The molecule has 0 spiro atoms. The van der Waals surface area contributed by atoms with Crippen molar-refractivity contribution in [2.75, 3.05) is 25.1 Å². The number of hydrogen-bond donors (Lipinski definition) is 4. The number of unbranched alkanes of at least 4 members (excludes halogenated alkanes) is 1. The van der Waals surface area contributed by atoms with E-state index in [0.29, 0.717) is 30.4 Å². The Bertz CT molecular complexity index is 1610. The van der Waals surface area contributed by atoms with Crippen molar-refractivity contribution in [3.05, 3.63) is 42.2 Å². The molecule has 1 fully saturated rings. The van der Waals surface area contributed by atoms with Crippen LogP contribution in [0.3, 0.4) is 0 Å². The number of sulfonamides is 1. The van der Waals surface area contributed by atoms with E-state index in [9.17, 15) is 18.6 Å². The number of rotatable bonds is 9. The van der Waals surface area contributed by atoms with Crippen LogP contribution in [0.5, 0.6) is 0 Å². The molecule has 4 atom stereocenters. The molecule has 13 nitrogen and oxygen atoms in total. The molecule has 4 heterocycles. The maximum Gasteiger partial charge on any atom is 0.211 e. The molecule has 216 valence electrons. The van der Waals surface area contributed by atoms with E-state index in [1.165, 1.54) is 27.1 Å². The van der Waals surface area contributed by atoms with Crippen LogP contribution in [0.1, 0.15) is 51.2 Å². The number of nitrogen functional groups attached to an aromatic ring is 1. The molecule has 1 aliphatic heterocycles. The maximum absolute atomic E-state index is 12.6. The fraction of sp³-hybridized carbons (Fsp3) is 0.538. The van der Waals surface area contributed by atoms with Gasteiger partial charge in [-0.2, -0.15) is 4.31 Å². The molecule has 5 N–H and O–H groups in total. The van der Waals surface area contributed by atoms with Gasteiger partial charge in [0.05, 0.1) is 23.6 Å². The van der Waals surface area contributed by atoms with Crippen molar-refractivity contribution < 1.29 is 23.4 Å². The Kier molecular flexibility index (Phi) is 7.56. The minimum atomic E-state index is -3.61. The maximum atomic E-state index is 12.6. The molecule has 40 heavy (non-hydrogen) atoms. The number of ether oxygens (including phenoxy) is 1. The van der Waals surface area contributed by atoms with Crippen LogP contribution in [-0.2, 0) is 26.6 Å². The number of anilines is 1. The van der Waals surface area contributed by atoms with E-state index in [0.717, 1.165) is 23.1 Å². The molecule has 0 aliphatic carbocycles.